The Kier molecular flexibility index (Phi) is 4.16. The third kappa shape index (κ3) is 3.71. The van der Waals surface area contributed by atoms with Gasteiger partial charge in [0.05, 0.1) is 18.6 Å². The van der Waals surface area contributed by atoms with Crippen LogP contribution in [-0.4, -0.2) is 23.7 Å². The molecule has 0 radical (unpaired) electrons. The maximum Gasteiger partial charge on any atom is 0.309 e. The van der Waals surface area contributed by atoms with Gasteiger partial charge >= 0.3 is 5.97 Å². The Labute approximate surface area is 103 Å². The van der Waals surface area contributed by atoms with Crippen LogP contribution in [0.4, 0.5) is 0 Å². The average Bonchev–Trinajstić information content (AvgIpc) is 2.61. The minimum absolute atomic E-state index is 0.126. The minimum atomic E-state index is -0.574. The molecule has 2 unspecified atom stereocenters. The summed E-state index contributed by atoms with van der Waals surface area (Å²) >= 11 is 0. The van der Waals surface area contributed by atoms with E-state index in [1.165, 1.54) is 0 Å². The molecule has 0 aliphatic heterocycles. The number of carbonyl (C=O) groups excluding carboxylic acids is 1. The van der Waals surface area contributed by atoms with E-state index in [0.29, 0.717) is 19.4 Å². The second-order valence-electron chi connectivity index (χ2n) is 5.76. The lowest BCUT2D eigenvalue weighted by molar-refractivity contribution is -0.147. The van der Waals surface area contributed by atoms with Crippen molar-refractivity contribution in [1.29, 1.82) is 5.26 Å². The van der Waals surface area contributed by atoms with Crippen LogP contribution in [0.5, 0.6) is 0 Å². The Bertz CT molecular complexity index is 327. The highest BCUT2D eigenvalue weighted by molar-refractivity contribution is 5.73. The van der Waals surface area contributed by atoms with Crippen molar-refractivity contribution in [2.75, 3.05) is 6.61 Å². The highest BCUT2D eigenvalue weighted by atomic mass is 16.5. The van der Waals surface area contributed by atoms with E-state index in [4.69, 9.17) is 4.74 Å². The van der Waals surface area contributed by atoms with Crippen molar-refractivity contribution < 1.29 is 9.53 Å². The number of nitriles is 1. The monoisotopic (exact) mass is 238 g/mol. The molecule has 96 valence electrons. The Morgan fingerprint density at radius 3 is 2.71 bits per heavy atom. The summed E-state index contributed by atoms with van der Waals surface area (Å²) in [6.07, 6.45) is 2.00. The number of rotatable bonds is 3. The predicted molar refractivity (Wildman–Crippen MR) is 65.2 cm³/mol. The van der Waals surface area contributed by atoms with E-state index < -0.39 is 5.54 Å². The van der Waals surface area contributed by atoms with Crippen LogP contribution < -0.4 is 5.32 Å². The number of nitrogens with one attached hydrogen (secondary N) is 1. The van der Waals surface area contributed by atoms with Gasteiger partial charge in [0.15, 0.2) is 0 Å². The van der Waals surface area contributed by atoms with E-state index in [9.17, 15) is 10.1 Å². The van der Waals surface area contributed by atoms with Crippen LogP contribution in [0.3, 0.4) is 0 Å². The standard InChI is InChI=1S/C13H22N2O2/c1-5-17-11(16)10-6-7-13(8-10,9-14)15-12(2,3)4/h10,15H,5-8H2,1-4H3. The summed E-state index contributed by atoms with van der Waals surface area (Å²) in [5, 5.41) is 12.7. The normalized spacial score (nSPS) is 28.8. The molecule has 0 bridgehead atoms. The number of ether oxygens (including phenoxy) is 1. The van der Waals surface area contributed by atoms with E-state index in [-0.39, 0.29) is 17.4 Å². The first-order valence-electron chi connectivity index (χ1n) is 6.19. The molecule has 1 N–H and O–H groups in total. The minimum Gasteiger partial charge on any atom is -0.466 e. The van der Waals surface area contributed by atoms with Gasteiger partial charge in [-0.3, -0.25) is 10.1 Å². The van der Waals surface area contributed by atoms with E-state index in [0.717, 1.165) is 6.42 Å². The second kappa shape index (κ2) is 5.05. The number of hydrogen-bond donors (Lipinski definition) is 1. The van der Waals surface area contributed by atoms with Gasteiger partial charge in [-0.1, -0.05) is 0 Å². The molecule has 0 aromatic heterocycles. The molecule has 0 heterocycles. The molecule has 1 saturated carbocycles. The maximum atomic E-state index is 11.7. The topological polar surface area (TPSA) is 62.1 Å². The fourth-order valence-electron chi connectivity index (χ4n) is 2.47. The lowest BCUT2D eigenvalue weighted by atomic mass is 9.93. The van der Waals surface area contributed by atoms with Crippen LogP contribution in [0.15, 0.2) is 0 Å². The van der Waals surface area contributed by atoms with E-state index >= 15 is 0 Å². The molecule has 1 aliphatic rings. The fourth-order valence-corrected chi connectivity index (χ4v) is 2.47. The van der Waals surface area contributed by atoms with Crippen molar-refractivity contribution in [2.24, 2.45) is 5.92 Å². The number of carbonyl (C=O) groups is 1. The summed E-state index contributed by atoms with van der Waals surface area (Å²) < 4.78 is 5.02. The Morgan fingerprint density at radius 2 is 2.24 bits per heavy atom. The summed E-state index contributed by atoms with van der Waals surface area (Å²) in [6, 6.07) is 2.34. The van der Waals surface area contributed by atoms with Crippen LogP contribution >= 0.6 is 0 Å². The fraction of sp³-hybridized carbons (Fsp3) is 0.846. The summed E-state index contributed by atoms with van der Waals surface area (Å²) in [4.78, 5) is 11.7. The highest BCUT2D eigenvalue weighted by Crippen LogP contribution is 2.36. The van der Waals surface area contributed by atoms with Crippen LogP contribution in [0.25, 0.3) is 0 Å². The van der Waals surface area contributed by atoms with Gasteiger partial charge in [0.1, 0.15) is 5.54 Å². The van der Waals surface area contributed by atoms with Crippen LogP contribution in [0.2, 0.25) is 0 Å². The van der Waals surface area contributed by atoms with Crippen LogP contribution in [0, 0.1) is 17.2 Å². The van der Waals surface area contributed by atoms with Gasteiger partial charge in [0, 0.05) is 5.54 Å². The van der Waals surface area contributed by atoms with Crippen molar-refractivity contribution in [3.05, 3.63) is 0 Å². The first-order chi connectivity index (χ1) is 7.82. The summed E-state index contributed by atoms with van der Waals surface area (Å²) in [5.74, 6) is -0.301. The van der Waals surface area contributed by atoms with Gasteiger partial charge in [-0.2, -0.15) is 5.26 Å². The molecule has 1 fully saturated rings. The number of hydrogen-bond acceptors (Lipinski definition) is 4. The SMILES string of the molecule is CCOC(=O)C1CCC(C#N)(NC(C)(C)C)C1. The zero-order chi connectivity index (χ0) is 13.1. The van der Waals surface area contributed by atoms with Crippen molar-refractivity contribution in [3.8, 4) is 6.07 Å². The highest BCUT2D eigenvalue weighted by Gasteiger charge is 2.44. The Morgan fingerprint density at radius 1 is 1.59 bits per heavy atom. The van der Waals surface area contributed by atoms with Gasteiger partial charge in [-0.05, 0) is 47.0 Å². The molecular weight excluding hydrogens is 216 g/mol. The predicted octanol–water partition coefficient (Wildman–Crippen LogP) is 2.00. The van der Waals surface area contributed by atoms with Gasteiger partial charge in [-0.15, -0.1) is 0 Å². The molecule has 2 atom stereocenters. The van der Waals surface area contributed by atoms with Gasteiger partial charge < -0.3 is 4.74 Å². The molecule has 0 aromatic carbocycles. The van der Waals surface area contributed by atoms with Crippen molar-refractivity contribution in [2.45, 2.75) is 58.0 Å². The molecule has 1 rings (SSSR count). The summed E-state index contributed by atoms with van der Waals surface area (Å²) in [6.45, 7) is 8.30. The molecular formula is C13H22N2O2. The number of esters is 1. The third-order valence-corrected chi connectivity index (χ3v) is 2.96. The third-order valence-electron chi connectivity index (χ3n) is 2.96. The first kappa shape index (κ1) is 14.0. The van der Waals surface area contributed by atoms with Gasteiger partial charge in [0.2, 0.25) is 0 Å². The quantitative estimate of drug-likeness (QED) is 0.764. The van der Waals surface area contributed by atoms with Crippen LogP contribution in [-0.2, 0) is 9.53 Å². The van der Waals surface area contributed by atoms with Crippen LogP contribution in [0.1, 0.15) is 47.0 Å². The molecule has 0 spiro atoms. The molecule has 4 heteroatoms. The lowest BCUT2D eigenvalue weighted by Gasteiger charge is -2.32. The lowest BCUT2D eigenvalue weighted by Crippen LogP contribution is -2.52. The average molecular weight is 238 g/mol. The zero-order valence-electron chi connectivity index (χ0n) is 11.2. The summed E-state index contributed by atoms with van der Waals surface area (Å²) in [7, 11) is 0. The molecule has 0 aromatic rings. The molecule has 1 aliphatic carbocycles. The van der Waals surface area contributed by atoms with Crippen molar-refractivity contribution in [3.63, 3.8) is 0 Å². The maximum absolute atomic E-state index is 11.7. The van der Waals surface area contributed by atoms with E-state index in [1.807, 2.05) is 20.8 Å². The van der Waals surface area contributed by atoms with E-state index in [1.54, 1.807) is 6.92 Å². The van der Waals surface area contributed by atoms with E-state index in [2.05, 4.69) is 11.4 Å². The summed E-state index contributed by atoms with van der Waals surface area (Å²) in [5.41, 5.74) is -0.699. The molecule has 17 heavy (non-hydrogen) atoms. The molecule has 0 saturated heterocycles. The Balaban J connectivity index is 2.68. The van der Waals surface area contributed by atoms with Crippen molar-refractivity contribution >= 4 is 5.97 Å². The molecule has 0 amide bonds. The number of nitrogens with zero attached hydrogens (tertiary/aromatic N) is 1. The first-order valence-corrected chi connectivity index (χ1v) is 6.19. The smallest absolute Gasteiger partial charge is 0.309 e. The zero-order valence-corrected chi connectivity index (χ0v) is 11.2. The van der Waals surface area contributed by atoms with Gasteiger partial charge in [-0.25, -0.2) is 0 Å². The van der Waals surface area contributed by atoms with Gasteiger partial charge in [0.25, 0.3) is 0 Å². The Hall–Kier alpha value is -1.08. The molecule has 4 nitrogen and oxygen atoms in total. The largest absolute Gasteiger partial charge is 0.466 e. The second-order valence-corrected chi connectivity index (χ2v) is 5.76. The van der Waals surface area contributed by atoms with Crippen molar-refractivity contribution in [1.82, 2.24) is 5.32 Å².